The zero-order chi connectivity index (χ0) is 26.1. The molecule has 1 saturated heterocycles. The number of benzene rings is 2. The van der Waals surface area contributed by atoms with Crippen molar-refractivity contribution in [2.45, 2.75) is 16.1 Å². The number of rotatable bonds is 6. The van der Waals surface area contributed by atoms with E-state index in [4.69, 9.17) is 34.8 Å². The van der Waals surface area contributed by atoms with Crippen LogP contribution in [-0.2, 0) is 15.3 Å². The largest absolute Gasteiger partial charge is 0.507 e. The van der Waals surface area contributed by atoms with E-state index in [1.807, 2.05) is 24.3 Å². The van der Waals surface area contributed by atoms with Crippen LogP contribution in [0.5, 0.6) is 0 Å². The minimum Gasteiger partial charge on any atom is -0.507 e. The van der Waals surface area contributed by atoms with Crippen molar-refractivity contribution in [2.24, 2.45) is 0 Å². The van der Waals surface area contributed by atoms with Crippen molar-refractivity contribution >= 4 is 80.5 Å². The van der Waals surface area contributed by atoms with E-state index in [-0.39, 0.29) is 21.5 Å². The number of aliphatic hydroxyl groups is 1. The summed E-state index contributed by atoms with van der Waals surface area (Å²) in [5.41, 5.74) is 1.77. The predicted molar refractivity (Wildman–Crippen MR) is 146 cm³/mol. The number of carbonyl (C=O) groups excluding carboxylic acids is 2. The Morgan fingerprint density at radius 1 is 0.973 bits per heavy atom. The fraction of sp³-hybridized carbons (Fsp3) is 0.0800. The lowest BCUT2D eigenvalue weighted by Gasteiger charge is -2.22. The van der Waals surface area contributed by atoms with Gasteiger partial charge in [0.2, 0.25) is 5.13 Å². The van der Waals surface area contributed by atoms with E-state index in [0.29, 0.717) is 31.3 Å². The molecule has 4 aromatic rings. The number of carbonyl (C=O) groups is 2. The summed E-state index contributed by atoms with van der Waals surface area (Å²) >= 11 is 20.9. The van der Waals surface area contributed by atoms with Gasteiger partial charge in [-0.25, -0.2) is 0 Å². The number of Topliss-reactive ketones (excluding diaryl/α,β-unsaturated/α-hetero) is 1. The fourth-order valence-electron chi connectivity index (χ4n) is 3.78. The molecule has 0 saturated carbocycles. The van der Waals surface area contributed by atoms with Gasteiger partial charge in [-0.3, -0.25) is 19.5 Å². The summed E-state index contributed by atoms with van der Waals surface area (Å²) in [6.07, 6.45) is 2.96. The second-order valence-corrected chi connectivity index (χ2v) is 11.3. The topological polar surface area (TPSA) is 96.3 Å². The van der Waals surface area contributed by atoms with E-state index in [1.54, 1.807) is 30.3 Å². The number of aliphatic hydroxyl groups excluding tert-OH is 1. The summed E-state index contributed by atoms with van der Waals surface area (Å²) in [4.78, 5) is 31.7. The Morgan fingerprint density at radius 2 is 1.70 bits per heavy atom. The Balaban J connectivity index is 1.54. The van der Waals surface area contributed by atoms with Crippen LogP contribution in [0.1, 0.15) is 22.7 Å². The van der Waals surface area contributed by atoms with Crippen molar-refractivity contribution in [3.05, 3.63) is 104 Å². The van der Waals surface area contributed by atoms with Gasteiger partial charge in [0.05, 0.1) is 21.7 Å². The Kier molecular flexibility index (Phi) is 7.50. The van der Waals surface area contributed by atoms with Gasteiger partial charge in [-0.1, -0.05) is 76.1 Å². The molecule has 0 spiro atoms. The quantitative estimate of drug-likeness (QED) is 0.0867. The Hall–Kier alpha value is -2.95. The van der Waals surface area contributed by atoms with E-state index in [1.165, 1.54) is 40.4 Å². The molecule has 1 atom stereocenters. The van der Waals surface area contributed by atoms with Crippen molar-refractivity contribution in [3.8, 4) is 0 Å². The van der Waals surface area contributed by atoms with Gasteiger partial charge in [0.15, 0.2) is 4.34 Å². The molecule has 1 N–H and O–H groups in total. The maximum Gasteiger partial charge on any atom is 0.301 e. The van der Waals surface area contributed by atoms with Crippen molar-refractivity contribution in [3.63, 3.8) is 0 Å². The summed E-state index contributed by atoms with van der Waals surface area (Å²) < 4.78 is 0.605. The summed E-state index contributed by atoms with van der Waals surface area (Å²) in [7, 11) is 0. The van der Waals surface area contributed by atoms with E-state index in [0.717, 1.165) is 5.56 Å². The van der Waals surface area contributed by atoms with Crippen LogP contribution in [0.3, 0.4) is 0 Å². The van der Waals surface area contributed by atoms with Gasteiger partial charge in [-0.05, 0) is 47.5 Å². The minimum absolute atomic E-state index is 0.0971. The SMILES string of the molecule is O=C1C(=O)N(c2nnc(SCc3ccc(Cl)cc3)s2)C(c2ccc(Cl)c(Cl)c2)/C1=C(\O)c1ccncc1. The van der Waals surface area contributed by atoms with Crippen molar-refractivity contribution in [1.29, 1.82) is 0 Å². The zero-order valence-electron chi connectivity index (χ0n) is 18.6. The van der Waals surface area contributed by atoms with E-state index in [2.05, 4.69) is 15.2 Å². The number of hydrogen-bond acceptors (Lipinski definition) is 8. The molecule has 2 aromatic carbocycles. The summed E-state index contributed by atoms with van der Waals surface area (Å²) in [5, 5.41) is 20.9. The predicted octanol–water partition coefficient (Wildman–Crippen LogP) is 6.81. The standard InChI is InChI=1S/C25H15Cl3N4O3S2/c26-16-4-1-13(2-5-16)12-36-25-31-30-24(37-25)32-20(15-3-6-17(27)18(28)11-15)19(22(34)23(32)35)21(33)14-7-9-29-10-8-14/h1-11,20,33H,12H2/b21-19+. The number of anilines is 1. The highest BCUT2D eigenvalue weighted by Crippen LogP contribution is 2.45. The molecular formula is C25H15Cl3N4O3S2. The number of hydrogen-bond donors (Lipinski definition) is 1. The zero-order valence-corrected chi connectivity index (χ0v) is 22.5. The Bertz CT molecular complexity index is 1530. The van der Waals surface area contributed by atoms with Crippen LogP contribution in [0.15, 0.2) is 76.9 Å². The van der Waals surface area contributed by atoms with Gasteiger partial charge in [-0.2, -0.15) is 0 Å². The molecule has 1 aliphatic rings. The first-order valence-corrected chi connectivity index (χ1v) is 13.6. The van der Waals surface area contributed by atoms with Crippen molar-refractivity contribution in [2.75, 3.05) is 4.90 Å². The molecule has 7 nitrogen and oxygen atoms in total. The summed E-state index contributed by atoms with van der Waals surface area (Å²) in [6, 6.07) is 14.3. The maximum atomic E-state index is 13.3. The van der Waals surface area contributed by atoms with Crippen LogP contribution < -0.4 is 4.90 Å². The van der Waals surface area contributed by atoms with Crippen LogP contribution in [-0.4, -0.2) is 32.0 Å². The smallest absolute Gasteiger partial charge is 0.301 e. The highest BCUT2D eigenvalue weighted by Gasteiger charge is 2.48. The number of nitrogens with zero attached hydrogens (tertiary/aromatic N) is 4. The molecule has 186 valence electrons. The Labute approximate surface area is 234 Å². The third kappa shape index (κ3) is 5.23. The molecule has 37 heavy (non-hydrogen) atoms. The first kappa shape index (κ1) is 25.7. The lowest BCUT2D eigenvalue weighted by Crippen LogP contribution is -2.29. The number of ketones is 1. The maximum absolute atomic E-state index is 13.3. The fourth-order valence-corrected chi connectivity index (χ4v) is 6.03. The third-order valence-electron chi connectivity index (χ3n) is 5.54. The number of pyridine rings is 1. The number of aromatic nitrogens is 3. The summed E-state index contributed by atoms with van der Waals surface area (Å²) in [6.45, 7) is 0. The van der Waals surface area contributed by atoms with E-state index in [9.17, 15) is 14.7 Å². The molecule has 0 bridgehead atoms. The van der Waals surface area contributed by atoms with Gasteiger partial charge in [0.1, 0.15) is 5.76 Å². The minimum atomic E-state index is -0.995. The molecule has 1 amide bonds. The lowest BCUT2D eigenvalue weighted by molar-refractivity contribution is -0.132. The van der Waals surface area contributed by atoms with Crippen LogP contribution in [0, 0.1) is 0 Å². The molecule has 3 heterocycles. The van der Waals surface area contributed by atoms with Crippen molar-refractivity contribution < 1.29 is 14.7 Å². The van der Waals surface area contributed by atoms with Crippen molar-refractivity contribution in [1.82, 2.24) is 15.2 Å². The molecule has 0 radical (unpaired) electrons. The molecule has 5 rings (SSSR count). The average molecular weight is 590 g/mol. The number of thioether (sulfide) groups is 1. The molecule has 0 aliphatic carbocycles. The van der Waals surface area contributed by atoms with Gasteiger partial charge in [0, 0.05) is 28.7 Å². The van der Waals surface area contributed by atoms with Crippen LogP contribution in [0.4, 0.5) is 5.13 Å². The van der Waals surface area contributed by atoms with Gasteiger partial charge in [0.25, 0.3) is 5.78 Å². The molecule has 1 aliphatic heterocycles. The van der Waals surface area contributed by atoms with Crippen LogP contribution in [0.25, 0.3) is 5.76 Å². The lowest BCUT2D eigenvalue weighted by atomic mass is 9.96. The highest BCUT2D eigenvalue weighted by molar-refractivity contribution is 8.00. The molecule has 2 aromatic heterocycles. The highest BCUT2D eigenvalue weighted by atomic mass is 35.5. The van der Waals surface area contributed by atoms with Crippen LogP contribution >= 0.6 is 57.9 Å². The normalized spacial score (nSPS) is 16.9. The van der Waals surface area contributed by atoms with E-state index < -0.39 is 17.7 Å². The molecule has 1 fully saturated rings. The second kappa shape index (κ2) is 10.8. The Morgan fingerprint density at radius 3 is 2.41 bits per heavy atom. The summed E-state index contributed by atoms with van der Waals surface area (Å²) in [5.74, 6) is -1.41. The van der Waals surface area contributed by atoms with Gasteiger partial charge < -0.3 is 5.11 Å². The average Bonchev–Trinajstić information content (AvgIpc) is 3.47. The first-order chi connectivity index (χ1) is 17.8. The first-order valence-electron chi connectivity index (χ1n) is 10.7. The van der Waals surface area contributed by atoms with Gasteiger partial charge >= 0.3 is 5.91 Å². The monoisotopic (exact) mass is 588 g/mol. The molecule has 1 unspecified atom stereocenters. The molecule has 12 heteroatoms. The molecular weight excluding hydrogens is 575 g/mol. The van der Waals surface area contributed by atoms with E-state index >= 15 is 0 Å². The third-order valence-corrected chi connectivity index (χ3v) is 8.65. The van der Waals surface area contributed by atoms with Crippen LogP contribution in [0.2, 0.25) is 15.1 Å². The second-order valence-electron chi connectivity index (χ2n) is 7.84. The van der Waals surface area contributed by atoms with Gasteiger partial charge in [-0.15, -0.1) is 10.2 Å². The number of amides is 1. The number of halogens is 3.